The van der Waals surface area contributed by atoms with Gasteiger partial charge < -0.3 is 14.5 Å². The molecular weight excluding hydrogens is 611 g/mol. The minimum Gasteiger partial charge on any atom is -0.469 e. The number of sulfone groups is 1. The molecule has 6 rings (SSSR count). The smallest absolute Gasteiger partial charge is 0.305 e. The standard InChI is InChI=1S/C37H47N5O4S/c1-46-36(43)13-6-5-8-29-9-7-12-35(29)37(27-38,30-10-3-2-4-11-30)31-18-20-41(21-19-31)24-28-25-42(26-28)32-14-16-33(17-15-32)47(44,45)34-22-39-40-23-34/h2-4,10-11,14-17,22-23,28-29,31,35H,5-9,12-13,18-21,24-26H2,1H3,(H,39,40)/t29-,35-,37?/m0/s1. The van der Waals surface area contributed by atoms with E-state index >= 15 is 0 Å². The van der Waals surface area contributed by atoms with Crippen LogP contribution in [0.3, 0.4) is 0 Å². The van der Waals surface area contributed by atoms with Crippen LogP contribution in [0.15, 0.2) is 76.8 Å². The van der Waals surface area contributed by atoms with Gasteiger partial charge in [0.2, 0.25) is 9.84 Å². The lowest BCUT2D eigenvalue weighted by Crippen LogP contribution is -2.54. The van der Waals surface area contributed by atoms with Crippen LogP contribution in [0.25, 0.3) is 0 Å². The molecule has 9 nitrogen and oxygen atoms in total. The Kier molecular flexibility index (Phi) is 10.3. The predicted octanol–water partition coefficient (Wildman–Crippen LogP) is 6.00. The Hall–Kier alpha value is -3.68. The molecule has 1 aromatic heterocycles. The Morgan fingerprint density at radius 2 is 1.77 bits per heavy atom. The highest BCUT2D eigenvalue weighted by molar-refractivity contribution is 7.91. The maximum Gasteiger partial charge on any atom is 0.305 e. The van der Waals surface area contributed by atoms with Crippen LogP contribution in [0, 0.1) is 35.0 Å². The van der Waals surface area contributed by atoms with Gasteiger partial charge in [0, 0.05) is 43.9 Å². The number of benzene rings is 2. The lowest BCUT2D eigenvalue weighted by molar-refractivity contribution is -0.140. The van der Waals surface area contributed by atoms with Crippen molar-refractivity contribution in [1.29, 1.82) is 5.26 Å². The zero-order valence-corrected chi connectivity index (χ0v) is 28.2. The van der Waals surface area contributed by atoms with E-state index in [-0.39, 0.29) is 15.8 Å². The summed E-state index contributed by atoms with van der Waals surface area (Å²) in [7, 11) is -2.11. The Bertz CT molecular complexity index is 1610. The number of carbonyl (C=O) groups excluding carboxylic acids is 1. The Morgan fingerprint density at radius 1 is 1.02 bits per heavy atom. The molecule has 3 atom stereocenters. The number of aromatic nitrogens is 2. The number of ether oxygens (including phenoxy) is 1. The SMILES string of the molecule is COC(=O)CCCC[C@H]1CCC[C@@H]1C(C#N)(c1ccccc1)C1CCN(CC2CN(c3ccc(S(=O)(=O)c4cn[nH]c4)cc3)C2)CC1. The Labute approximate surface area is 279 Å². The fraction of sp³-hybridized carbons (Fsp3) is 0.541. The molecule has 2 saturated heterocycles. The number of nitrogens with zero attached hydrogens (tertiary/aromatic N) is 4. The molecule has 1 N–H and O–H groups in total. The first-order valence-electron chi connectivity index (χ1n) is 17.2. The number of carbonyl (C=O) groups is 1. The fourth-order valence-corrected chi connectivity index (χ4v) is 9.82. The summed E-state index contributed by atoms with van der Waals surface area (Å²) in [5, 5.41) is 17.4. The lowest BCUT2D eigenvalue weighted by atomic mass is 9.58. The van der Waals surface area contributed by atoms with Crippen LogP contribution < -0.4 is 4.90 Å². The average Bonchev–Trinajstić information content (AvgIpc) is 3.80. The number of anilines is 1. The zero-order chi connectivity index (χ0) is 32.9. The van der Waals surface area contributed by atoms with E-state index in [2.05, 4.69) is 50.3 Å². The highest BCUT2D eigenvalue weighted by Gasteiger charge is 2.51. The van der Waals surface area contributed by atoms with Crippen molar-refractivity contribution in [1.82, 2.24) is 15.1 Å². The number of aromatic amines is 1. The first-order valence-corrected chi connectivity index (χ1v) is 18.7. The van der Waals surface area contributed by atoms with Crippen molar-refractivity contribution < 1.29 is 17.9 Å². The van der Waals surface area contributed by atoms with Crippen molar-refractivity contribution >= 4 is 21.5 Å². The monoisotopic (exact) mass is 657 g/mol. The first kappa shape index (κ1) is 33.2. The number of rotatable bonds is 13. The molecule has 3 aliphatic rings. The third-order valence-electron chi connectivity index (χ3n) is 11.1. The molecule has 2 aromatic carbocycles. The van der Waals surface area contributed by atoms with Crippen LogP contribution in [0.5, 0.6) is 0 Å². The molecular formula is C37H47N5O4S. The Morgan fingerprint density at radius 3 is 2.43 bits per heavy atom. The van der Waals surface area contributed by atoms with Crippen molar-refractivity contribution in [2.24, 2.45) is 23.7 Å². The van der Waals surface area contributed by atoms with Crippen molar-refractivity contribution in [2.45, 2.75) is 73.0 Å². The molecule has 3 fully saturated rings. The third kappa shape index (κ3) is 6.97. The van der Waals surface area contributed by atoms with E-state index in [1.54, 1.807) is 12.1 Å². The first-order chi connectivity index (χ1) is 22.8. The fourth-order valence-electron chi connectivity index (χ4n) is 8.66. The van der Waals surface area contributed by atoms with Crippen molar-refractivity contribution in [3.8, 4) is 6.07 Å². The normalized spacial score (nSPS) is 22.3. The van der Waals surface area contributed by atoms with Crippen LogP contribution >= 0.6 is 0 Å². The summed E-state index contributed by atoms with van der Waals surface area (Å²) in [4.78, 5) is 17.0. The molecule has 0 radical (unpaired) electrons. The van der Waals surface area contributed by atoms with Gasteiger partial charge in [0.05, 0.1) is 29.7 Å². The molecule has 250 valence electrons. The number of methoxy groups -OCH3 is 1. The van der Waals surface area contributed by atoms with Crippen molar-refractivity contribution in [3.05, 3.63) is 72.6 Å². The van der Waals surface area contributed by atoms with Crippen LogP contribution in [0.1, 0.15) is 63.4 Å². The van der Waals surface area contributed by atoms with E-state index < -0.39 is 15.3 Å². The number of nitrogens with one attached hydrogen (secondary N) is 1. The second-order valence-corrected chi connectivity index (χ2v) is 15.7. The number of piperidine rings is 1. The van der Waals surface area contributed by atoms with Crippen molar-refractivity contribution in [2.75, 3.05) is 44.7 Å². The van der Waals surface area contributed by atoms with Gasteiger partial charge in [-0.25, -0.2) is 8.42 Å². The maximum atomic E-state index is 12.8. The number of hydrogen-bond donors (Lipinski definition) is 1. The summed E-state index contributed by atoms with van der Waals surface area (Å²) in [6.07, 6.45) is 11.6. The number of H-pyrrole nitrogens is 1. The number of nitriles is 1. The summed E-state index contributed by atoms with van der Waals surface area (Å²) in [6, 6.07) is 20.7. The number of unbranched alkanes of at least 4 members (excludes halogenated alkanes) is 1. The number of esters is 1. The molecule has 0 bridgehead atoms. The lowest BCUT2D eigenvalue weighted by Gasteiger charge is -2.48. The Balaban J connectivity index is 1.05. The summed E-state index contributed by atoms with van der Waals surface area (Å²) < 4.78 is 30.4. The largest absolute Gasteiger partial charge is 0.469 e. The van der Waals surface area contributed by atoms with Crippen LogP contribution in [0.2, 0.25) is 0 Å². The topological polar surface area (TPSA) is 119 Å². The number of hydrogen-bond acceptors (Lipinski definition) is 8. The molecule has 0 amide bonds. The second kappa shape index (κ2) is 14.6. The molecule has 1 unspecified atom stereocenters. The van der Waals surface area contributed by atoms with Crippen molar-refractivity contribution in [3.63, 3.8) is 0 Å². The molecule has 1 aliphatic carbocycles. The second-order valence-electron chi connectivity index (χ2n) is 13.7. The van der Waals surface area contributed by atoms with E-state index in [0.717, 1.165) is 76.9 Å². The molecule has 10 heteroatoms. The molecule has 2 aliphatic heterocycles. The molecule has 3 aromatic rings. The summed E-state index contributed by atoms with van der Waals surface area (Å²) in [5.41, 5.74) is 1.75. The quantitative estimate of drug-likeness (QED) is 0.176. The van der Waals surface area contributed by atoms with E-state index in [9.17, 15) is 18.5 Å². The number of likely N-dealkylation sites (tertiary alicyclic amines) is 1. The van der Waals surface area contributed by atoms with E-state index in [4.69, 9.17) is 4.74 Å². The van der Waals surface area contributed by atoms with Crippen LogP contribution in [-0.4, -0.2) is 69.3 Å². The van der Waals surface area contributed by atoms with Gasteiger partial charge >= 0.3 is 5.97 Å². The maximum absolute atomic E-state index is 12.8. The highest BCUT2D eigenvalue weighted by Crippen LogP contribution is 2.53. The van der Waals surface area contributed by atoms with Gasteiger partial charge in [0.15, 0.2) is 0 Å². The van der Waals surface area contributed by atoms with Gasteiger partial charge in [0.1, 0.15) is 4.90 Å². The van der Waals surface area contributed by atoms with E-state index in [1.165, 1.54) is 37.9 Å². The average molecular weight is 658 g/mol. The van der Waals surface area contributed by atoms with Gasteiger partial charge in [-0.1, -0.05) is 56.0 Å². The van der Waals surface area contributed by atoms with E-state index in [1.807, 2.05) is 18.2 Å². The van der Waals surface area contributed by atoms with Crippen LogP contribution in [0.4, 0.5) is 5.69 Å². The molecule has 3 heterocycles. The molecule has 0 spiro atoms. The minimum absolute atomic E-state index is 0.140. The molecule has 47 heavy (non-hydrogen) atoms. The third-order valence-corrected chi connectivity index (χ3v) is 12.9. The van der Waals surface area contributed by atoms with Gasteiger partial charge in [-0.15, -0.1) is 0 Å². The van der Waals surface area contributed by atoms with Gasteiger partial charge in [-0.2, -0.15) is 10.4 Å². The molecule has 1 saturated carbocycles. The predicted molar refractivity (Wildman–Crippen MR) is 180 cm³/mol. The summed E-state index contributed by atoms with van der Waals surface area (Å²) >= 11 is 0. The van der Waals surface area contributed by atoms with Gasteiger partial charge in [-0.3, -0.25) is 9.89 Å². The zero-order valence-electron chi connectivity index (χ0n) is 27.4. The summed E-state index contributed by atoms with van der Waals surface area (Å²) in [6.45, 7) is 4.98. The highest BCUT2D eigenvalue weighted by atomic mass is 32.2. The van der Waals surface area contributed by atoms with E-state index in [0.29, 0.717) is 30.1 Å². The van der Waals surface area contributed by atoms with Gasteiger partial charge in [0.25, 0.3) is 0 Å². The van der Waals surface area contributed by atoms with Gasteiger partial charge in [-0.05, 0) is 86.4 Å². The summed E-state index contributed by atoms with van der Waals surface area (Å²) in [5.74, 6) is 1.59. The minimum atomic E-state index is -3.56. The van der Waals surface area contributed by atoms with Crippen LogP contribution in [-0.2, 0) is 24.8 Å².